The van der Waals surface area contributed by atoms with Crippen molar-refractivity contribution in [1.82, 2.24) is 9.88 Å². The fraction of sp³-hybridized carbons (Fsp3) is 0.417. The normalized spacial score (nSPS) is 14.9. The number of morpholine rings is 1. The van der Waals surface area contributed by atoms with Gasteiger partial charge >= 0.3 is 0 Å². The summed E-state index contributed by atoms with van der Waals surface area (Å²) in [5.41, 5.74) is 0.833. The minimum atomic E-state index is -3.60. The van der Waals surface area contributed by atoms with E-state index in [4.69, 9.17) is 9.47 Å². The summed E-state index contributed by atoms with van der Waals surface area (Å²) in [5.74, 6) is 0.0821. The summed E-state index contributed by atoms with van der Waals surface area (Å²) in [6.45, 7) is 4.55. The molecule has 0 bridgehead atoms. The Morgan fingerprint density at radius 1 is 1.15 bits per heavy atom. The standard InChI is InChI=1S/C24H29N3O5S2/c1-31-19-7-9-20(10-8-19)34(29,30)18-11-23(28)27(13-4-12-26-14-16-32-17-15-26)24-25-21-5-2-3-6-22(21)33-24/h2-3,5-10H,4,11-18H2,1H3. The predicted molar refractivity (Wildman–Crippen MR) is 134 cm³/mol. The van der Waals surface area contributed by atoms with E-state index in [2.05, 4.69) is 9.88 Å². The molecule has 0 aliphatic carbocycles. The second-order valence-corrected chi connectivity index (χ2v) is 11.2. The van der Waals surface area contributed by atoms with E-state index < -0.39 is 9.84 Å². The lowest BCUT2D eigenvalue weighted by Crippen LogP contribution is -2.39. The highest BCUT2D eigenvalue weighted by atomic mass is 32.2. The van der Waals surface area contributed by atoms with Gasteiger partial charge < -0.3 is 9.47 Å². The van der Waals surface area contributed by atoms with Crippen molar-refractivity contribution in [2.75, 3.05) is 57.2 Å². The van der Waals surface area contributed by atoms with Gasteiger partial charge in [0.2, 0.25) is 5.91 Å². The van der Waals surface area contributed by atoms with Crippen LogP contribution in [0.2, 0.25) is 0 Å². The van der Waals surface area contributed by atoms with Crippen LogP contribution in [-0.2, 0) is 19.4 Å². The van der Waals surface area contributed by atoms with Crippen molar-refractivity contribution < 1.29 is 22.7 Å². The van der Waals surface area contributed by atoms with Crippen LogP contribution in [0.1, 0.15) is 12.8 Å². The molecule has 0 spiro atoms. The Morgan fingerprint density at radius 2 is 1.88 bits per heavy atom. The number of ether oxygens (including phenoxy) is 2. The van der Waals surface area contributed by atoms with E-state index in [-0.39, 0.29) is 23.0 Å². The molecule has 1 aromatic heterocycles. The minimum absolute atomic E-state index is 0.109. The lowest BCUT2D eigenvalue weighted by molar-refractivity contribution is -0.118. The van der Waals surface area contributed by atoms with Crippen molar-refractivity contribution in [1.29, 1.82) is 0 Å². The van der Waals surface area contributed by atoms with Gasteiger partial charge in [0.25, 0.3) is 0 Å². The minimum Gasteiger partial charge on any atom is -0.497 e. The Hall–Kier alpha value is -2.53. The number of rotatable bonds is 10. The molecule has 1 saturated heterocycles. The maximum Gasteiger partial charge on any atom is 0.229 e. The molecule has 1 fully saturated rings. The number of aromatic nitrogens is 1. The highest BCUT2D eigenvalue weighted by Gasteiger charge is 2.23. The first-order valence-corrected chi connectivity index (χ1v) is 13.8. The second-order valence-electron chi connectivity index (χ2n) is 8.06. The fourth-order valence-corrected chi connectivity index (χ4v) is 6.08. The zero-order valence-electron chi connectivity index (χ0n) is 19.2. The predicted octanol–water partition coefficient (Wildman–Crippen LogP) is 3.22. The quantitative estimate of drug-likeness (QED) is 0.420. The van der Waals surface area contributed by atoms with Gasteiger partial charge in [-0.15, -0.1) is 0 Å². The highest BCUT2D eigenvalue weighted by Crippen LogP contribution is 2.29. The molecule has 0 atom stereocenters. The molecule has 0 N–H and O–H groups in total. The molecule has 4 rings (SSSR count). The van der Waals surface area contributed by atoms with Gasteiger partial charge in [0.05, 0.1) is 41.2 Å². The molecule has 1 amide bonds. The van der Waals surface area contributed by atoms with Gasteiger partial charge in [0.1, 0.15) is 5.75 Å². The first-order chi connectivity index (χ1) is 16.5. The lowest BCUT2D eigenvalue weighted by Gasteiger charge is -2.27. The van der Waals surface area contributed by atoms with Crippen LogP contribution in [0.3, 0.4) is 0 Å². The van der Waals surface area contributed by atoms with Crippen LogP contribution in [0.4, 0.5) is 5.13 Å². The number of fused-ring (bicyclic) bond motifs is 1. The molecule has 2 heterocycles. The summed E-state index contributed by atoms with van der Waals surface area (Å²) in [7, 11) is -2.07. The average molecular weight is 504 g/mol. The van der Waals surface area contributed by atoms with Crippen molar-refractivity contribution in [3.05, 3.63) is 48.5 Å². The number of carbonyl (C=O) groups excluding carboxylic acids is 1. The number of methoxy groups -OCH3 is 1. The zero-order chi connectivity index (χ0) is 24.0. The van der Waals surface area contributed by atoms with Crippen LogP contribution in [0.15, 0.2) is 53.4 Å². The van der Waals surface area contributed by atoms with Gasteiger partial charge in [-0.1, -0.05) is 23.5 Å². The molecule has 0 unspecified atom stereocenters. The van der Waals surface area contributed by atoms with E-state index in [0.29, 0.717) is 17.4 Å². The number of benzene rings is 2. The van der Waals surface area contributed by atoms with Gasteiger partial charge in [0.15, 0.2) is 15.0 Å². The van der Waals surface area contributed by atoms with Gasteiger partial charge in [0, 0.05) is 32.6 Å². The summed E-state index contributed by atoms with van der Waals surface area (Å²) in [5, 5.41) is 0.607. The maximum atomic E-state index is 13.3. The van der Waals surface area contributed by atoms with Crippen molar-refractivity contribution in [2.24, 2.45) is 0 Å². The van der Waals surface area contributed by atoms with E-state index in [1.807, 2.05) is 24.3 Å². The van der Waals surface area contributed by atoms with Crippen LogP contribution in [-0.4, -0.2) is 76.5 Å². The summed E-state index contributed by atoms with van der Waals surface area (Å²) in [6.07, 6.45) is 0.661. The molecule has 182 valence electrons. The molecular formula is C24H29N3O5S2. The SMILES string of the molecule is COc1ccc(S(=O)(=O)CCC(=O)N(CCCN2CCOCC2)c2nc3ccccc3s2)cc1. The van der Waals surface area contributed by atoms with Gasteiger partial charge in [-0.3, -0.25) is 14.6 Å². The van der Waals surface area contributed by atoms with Crippen LogP contribution in [0, 0.1) is 0 Å². The average Bonchev–Trinajstić information content (AvgIpc) is 3.30. The Bertz CT molecular complexity index is 1170. The Balaban J connectivity index is 1.45. The fourth-order valence-electron chi connectivity index (χ4n) is 3.84. The molecule has 34 heavy (non-hydrogen) atoms. The van der Waals surface area contributed by atoms with Gasteiger partial charge in [-0.05, 0) is 42.8 Å². The molecular weight excluding hydrogens is 474 g/mol. The third-order valence-electron chi connectivity index (χ3n) is 5.78. The Morgan fingerprint density at radius 3 is 2.59 bits per heavy atom. The zero-order valence-corrected chi connectivity index (χ0v) is 20.8. The van der Waals surface area contributed by atoms with E-state index in [9.17, 15) is 13.2 Å². The molecule has 2 aromatic carbocycles. The first kappa shape index (κ1) is 24.6. The number of nitrogens with zero attached hydrogens (tertiary/aromatic N) is 3. The largest absolute Gasteiger partial charge is 0.497 e. The third kappa shape index (κ3) is 6.12. The van der Waals surface area contributed by atoms with Crippen molar-refractivity contribution >= 4 is 42.4 Å². The summed E-state index contributed by atoms with van der Waals surface area (Å²) in [4.78, 5) is 22.0. The summed E-state index contributed by atoms with van der Waals surface area (Å²) < 4.78 is 37.1. The van der Waals surface area contributed by atoms with Crippen molar-refractivity contribution in [3.8, 4) is 5.75 Å². The number of amides is 1. The molecule has 0 saturated carbocycles. The van der Waals surface area contributed by atoms with Crippen molar-refractivity contribution in [3.63, 3.8) is 0 Å². The van der Waals surface area contributed by atoms with E-state index in [1.165, 1.54) is 30.6 Å². The van der Waals surface area contributed by atoms with Crippen molar-refractivity contribution in [2.45, 2.75) is 17.7 Å². The molecule has 10 heteroatoms. The summed E-state index contributed by atoms with van der Waals surface area (Å²) in [6, 6.07) is 14.0. The first-order valence-electron chi connectivity index (χ1n) is 11.3. The number of hydrogen-bond acceptors (Lipinski definition) is 8. The van der Waals surface area contributed by atoms with Crippen LogP contribution in [0.25, 0.3) is 10.2 Å². The summed E-state index contributed by atoms with van der Waals surface area (Å²) >= 11 is 1.45. The van der Waals surface area contributed by atoms with E-state index in [1.54, 1.807) is 17.0 Å². The topological polar surface area (TPSA) is 89.0 Å². The number of thiazole rings is 1. The third-order valence-corrected chi connectivity index (χ3v) is 8.57. The molecule has 3 aromatic rings. The molecule has 0 radical (unpaired) electrons. The second kappa shape index (κ2) is 11.3. The van der Waals surface area contributed by atoms with E-state index in [0.717, 1.165) is 49.5 Å². The Labute approximate surface area is 204 Å². The number of sulfone groups is 1. The monoisotopic (exact) mass is 503 g/mol. The van der Waals surface area contributed by atoms with Gasteiger partial charge in [-0.2, -0.15) is 0 Å². The maximum absolute atomic E-state index is 13.3. The Kier molecular flexibility index (Phi) is 8.15. The number of carbonyl (C=O) groups is 1. The van der Waals surface area contributed by atoms with E-state index >= 15 is 0 Å². The number of anilines is 1. The molecule has 1 aliphatic heterocycles. The molecule has 1 aliphatic rings. The highest BCUT2D eigenvalue weighted by molar-refractivity contribution is 7.91. The van der Waals surface area contributed by atoms with Crippen LogP contribution < -0.4 is 9.64 Å². The van der Waals surface area contributed by atoms with Crippen LogP contribution in [0.5, 0.6) is 5.75 Å². The van der Waals surface area contributed by atoms with Gasteiger partial charge in [-0.25, -0.2) is 13.4 Å². The lowest BCUT2D eigenvalue weighted by atomic mass is 10.3. The number of para-hydroxylation sites is 1. The van der Waals surface area contributed by atoms with Crippen LogP contribution >= 0.6 is 11.3 Å². The smallest absolute Gasteiger partial charge is 0.229 e. The molecule has 8 nitrogen and oxygen atoms in total. The number of hydrogen-bond donors (Lipinski definition) is 0.